The number of phenols is 3. The third kappa shape index (κ3) is 22.3. The Morgan fingerprint density at radius 3 is 1.33 bits per heavy atom. The van der Waals surface area contributed by atoms with Gasteiger partial charge in [-0.15, -0.1) is 5.11 Å². The summed E-state index contributed by atoms with van der Waals surface area (Å²) < 4.78 is 23.9. The first-order chi connectivity index (χ1) is 67.1. The number of phenolic OH excluding ortho intramolecular Hbond substituents is 3. The number of non-ortho nitro benzene ring substituents is 1. The molecule has 0 fully saturated rings. The number of carbonyl (C=O) groups is 1. The molecule has 12 aromatic rings. The molecule has 0 spiro atoms. The molecule has 12 aliphatic rings. The van der Waals surface area contributed by atoms with Crippen LogP contribution in [0.4, 0.5) is 79.6 Å². The van der Waals surface area contributed by atoms with Crippen LogP contribution in [0.15, 0.2) is 221 Å². The molecule has 138 heavy (non-hydrogen) atoms. The summed E-state index contributed by atoms with van der Waals surface area (Å²) in [7, 11) is 0. The lowest BCUT2D eigenvalue weighted by atomic mass is 10.1. The Morgan fingerprint density at radius 2 is 0.826 bits per heavy atom. The predicted octanol–water partition coefficient (Wildman–Crippen LogP) is 22.4. The average Bonchev–Trinajstić information content (AvgIpc) is 1.63. The number of benzene rings is 12. The van der Waals surface area contributed by atoms with Gasteiger partial charge in [-0.1, -0.05) is 48.5 Å². The van der Waals surface area contributed by atoms with E-state index >= 15 is 0 Å². The molecule has 12 aromatic carbocycles. The first kappa shape index (κ1) is 96.8. The summed E-state index contributed by atoms with van der Waals surface area (Å²) in [5.74, 6) is 6.02. The molecule has 24 rings (SSSR count). The summed E-state index contributed by atoms with van der Waals surface area (Å²) in [4.78, 5) is 44.9. The van der Waals surface area contributed by atoms with Gasteiger partial charge in [0, 0.05) is 249 Å². The highest BCUT2D eigenvalue weighted by Crippen LogP contribution is 2.46. The molecule has 0 atom stereocenters. The summed E-state index contributed by atoms with van der Waals surface area (Å²) in [6, 6.07) is 67.8. The van der Waals surface area contributed by atoms with E-state index in [4.69, 9.17) is 24.3 Å². The van der Waals surface area contributed by atoms with Crippen molar-refractivity contribution in [1.29, 1.82) is 0 Å². The van der Waals surface area contributed by atoms with Gasteiger partial charge in [0.25, 0.3) is 5.69 Å². The fourth-order valence-electron chi connectivity index (χ4n) is 20.4. The maximum atomic E-state index is 11.2. The fourth-order valence-corrected chi connectivity index (χ4v) is 21.3. The number of azo groups is 1. The number of likely N-dealkylation sites (N-methyl/N-ethyl adjacent to an activating group) is 8. The minimum Gasteiger partial charge on any atom is -0.508 e. The minimum atomic E-state index is -0.427. The van der Waals surface area contributed by atoms with Crippen molar-refractivity contribution in [2.24, 2.45) is 15.2 Å². The molecule has 0 aliphatic carbocycles. The average molecular weight is 2080 g/mol. The highest BCUT2D eigenvalue weighted by molar-refractivity contribution is 14.1. The number of fused-ring (bicyclic) bond motifs is 13. The molecule has 0 saturated carbocycles. The highest BCUT2D eigenvalue weighted by atomic mass is 127. The minimum absolute atomic E-state index is 0.0258. The fraction of sp³-hybridized carbons (Fsp3) is 0.348. The number of hydrogen-bond acceptors (Lipinski definition) is 21. The Balaban J connectivity index is 0.000000114. The Bertz CT molecular complexity index is 6480. The third-order valence-corrected chi connectivity index (χ3v) is 29.3. The number of aromatic hydroxyl groups is 3. The van der Waals surface area contributed by atoms with Crippen molar-refractivity contribution in [3.8, 4) is 51.7 Å². The van der Waals surface area contributed by atoms with Crippen molar-refractivity contribution < 1.29 is 39.2 Å². The van der Waals surface area contributed by atoms with E-state index < -0.39 is 4.92 Å². The number of halogens is 2. The molecule has 12 aliphatic heterocycles. The van der Waals surface area contributed by atoms with E-state index in [9.17, 15) is 25.1 Å². The number of hydrogen-bond donors (Lipinski definition) is 5. The summed E-state index contributed by atoms with van der Waals surface area (Å²) in [5, 5.41) is 56.1. The molecule has 0 aromatic heterocycles. The van der Waals surface area contributed by atoms with Crippen LogP contribution in [-0.4, -0.2) is 151 Å². The van der Waals surface area contributed by atoms with Crippen LogP contribution >= 0.6 is 45.2 Å². The van der Waals surface area contributed by atoms with E-state index in [-0.39, 0.29) is 17.3 Å². The van der Waals surface area contributed by atoms with Crippen LogP contribution < -0.4 is 79.3 Å². The molecule has 716 valence electrons. The second kappa shape index (κ2) is 44.3. The lowest BCUT2D eigenvalue weighted by Gasteiger charge is -2.20. The smallest absolute Gasteiger partial charge is 0.269 e. The van der Waals surface area contributed by atoms with Crippen molar-refractivity contribution in [3.63, 3.8) is 0 Å². The molecule has 12 heterocycles. The summed E-state index contributed by atoms with van der Waals surface area (Å²) >= 11 is 4.71. The molecule has 26 heteroatoms. The van der Waals surface area contributed by atoms with Crippen LogP contribution in [0.1, 0.15) is 124 Å². The zero-order chi connectivity index (χ0) is 96.2. The standard InChI is InChI=1S/C26H27N5O3.C20H22N3O.C20H24N2O.C10H12IN.C10H11NO2.C10H13NO.C8H8IN.C8H9NO/c1-3-29-13-11-18-5-10-22(16-24(18)29)34-26-17-25-19(12-14-30(25)4-2)15-23(26)28-27-20-6-8-21(9-7-20)31(32)33;1-3-22-7-5-13-9-15-19(11-17(13)22)24-20-12-18-14(10-16(20)21-15)6-8-23(18)4-2;1-3-21-11-9-15-5-7-17(13-19(15)21)23-18-8-6-16-10-12-22(4-2)20(16)14-18;1-2-12-6-5-8-3-4-9(11)7-10(8)12;1-7(12)11-5-4-8-2-3-9(13)6-10(8)11;1-2-11-6-5-8-3-4-9(12)7-10(8)11;9-7-2-1-6-3-4-10-8(6)5-7;10-7-2-1-6-3-4-9-8(6)5-7/h5-10,15-17H,3-4,11-14H2,1-2H3;9-12H,3-8H2,1-2H3;5-8,13-14H,3-4,9-12H2,1-2H3;3-4,7H,2,5-6H2,1H3;2-3,6,13H,4-5H2,1H3;3-4,7,12H,2,5-6H2,1H3;1-2,5,10H,3-4H2;1-2,5,9-10H,3-4H2/q;+1;;;;;;. The molecule has 0 radical (unpaired) electrons. The van der Waals surface area contributed by atoms with Crippen LogP contribution in [0.3, 0.4) is 0 Å². The first-order valence-corrected chi connectivity index (χ1v) is 51.4. The van der Waals surface area contributed by atoms with Gasteiger partial charge >= 0.3 is 0 Å². The van der Waals surface area contributed by atoms with Gasteiger partial charge in [0.15, 0.2) is 17.2 Å². The Morgan fingerprint density at radius 1 is 0.413 bits per heavy atom. The quantitative estimate of drug-likeness (QED) is 0.0211. The number of carbonyl (C=O) groups excluding carboxylic acids is 1. The molecule has 24 nitrogen and oxygen atoms in total. The normalized spacial score (nSPS) is 15.2. The van der Waals surface area contributed by atoms with Gasteiger partial charge in [0.2, 0.25) is 11.3 Å². The van der Waals surface area contributed by atoms with Crippen molar-refractivity contribution in [2.75, 3.05) is 174 Å². The molecule has 0 saturated heterocycles. The van der Waals surface area contributed by atoms with Gasteiger partial charge in [-0.2, -0.15) is 5.11 Å². The maximum Gasteiger partial charge on any atom is 0.269 e. The highest BCUT2D eigenvalue weighted by Gasteiger charge is 2.31. The maximum absolute atomic E-state index is 11.2. The van der Waals surface area contributed by atoms with Crippen LogP contribution in [0.2, 0.25) is 0 Å². The number of nitro groups is 1. The third-order valence-electron chi connectivity index (χ3n) is 27.9. The van der Waals surface area contributed by atoms with Crippen molar-refractivity contribution >= 4 is 131 Å². The van der Waals surface area contributed by atoms with Gasteiger partial charge in [-0.25, -0.2) is 9.57 Å². The Labute approximate surface area is 837 Å². The van der Waals surface area contributed by atoms with E-state index in [0.717, 1.165) is 232 Å². The van der Waals surface area contributed by atoms with Gasteiger partial charge in [-0.05, 0) is 311 Å². The SMILES string of the molecule is CC(=O)N1CCc2ccc(O)cc21.CCN1CCc2cc3c(cc21)Oc1cc2c(cc1=N3)CC[N+]=2CC.CCN1CCc2ccc(I)cc21.CCN1CCc2ccc(O)cc21.CCN1CCc2ccc(Oc3cc4c(cc3N=Nc3ccc([N+](=O)[O-])cc3)CCN4CC)cc21.CCN1CCc2ccc(Oc3ccc4c(c3)N(CC)CC4)cc21.Ic1ccc2c(c1)NCC2.Oc1ccc2c(c1)NCC2. The topological polar surface area (TPSA) is 239 Å². The number of amides is 1. The van der Waals surface area contributed by atoms with Crippen molar-refractivity contribution in [2.45, 2.75) is 133 Å². The van der Waals surface area contributed by atoms with Crippen molar-refractivity contribution in [3.05, 3.63) is 295 Å². The summed E-state index contributed by atoms with van der Waals surface area (Å²) in [6.07, 6.45) is 12.0. The number of nitrogens with one attached hydrogen (secondary N) is 2. The molecule has 1 amide bonds. The zero-order valence-electron chi connectivity index (χ0n) is 80.7. The Hall–Kier alpha value is -12.8. The molecule has 0 bridgehead atoms. The zero-order valence-corrected chi connectivity index (χ0v) is 85.0. The number of ether oxygens (including phenoxy) is 3. The first-order valence-electron chi connectivity index (χ1n) is 49.2. The van der Waals surface area contributed by atoms with Crippen LogP contribution in [0.5, 0.6) is 51.7 Å². The van der Waals surface area contributed by atoms with Gasteiger partial charge in [0.05, 0.1) is 22.4 Å². The number of nitro benzene ring substituents is 1. The molecular weight excluding hydrogens is 1950 g/mol. The second-order valence-electron chi connectivity index (χ2n) is 36.1. The van der Waals surface area contributed by atoms with Crippen LogP contribution in [-0.2, 0) is 75.4 Å². The van der Waals surface area contributed by atoms with Gasteiger partial charge in [0.1, 0.15) is 64.3 Å². The summed E-state index contributed by atoms with van der Waals surface area (Å²) in [6.45, 7) is 38.9. The monoisotopic (exact) mass is 2080 g/mol. The van der Waals surface area contributed by atoms with E-state index in [1.165, 1.54) is 145 Å². The molecular formula is C112H126I2N15O9+. The van der Waals surface area contributed by atoms with E-state index in [1.807, 2.05) is 36.4 Å². The number of nitrogens with zero attached hydrogens (tertiary/aromatic N) is 13. The molecule has 0 unspecified atom stereocenters. The second-order valence-corrected chi connectivity index (χ2v) is 38.6. The van der Waals surface area contributed by atoms with E-state index in [2.05, 4.69) is 276 Å². The number of anilines is 10. The molecule has 5 N–H and O–H groups in total. The van der Waals surface area contributed by atoms with E-state index in [0.29, 0.717) is 28.6 Å². The van der Waals surface area contributed by atoms with E-state index in [1.54, 1.807) is 54.3 Å². The van der Waals surface area contributed by atoms with Crippen LogP contribution in [0, 0.1) is 17.3 Å². The van der Waals surface area contributed by atoms with Gasteiger partial charge in [-0.3, -0.25) is 14.9 Å². The lowest BCUT2D eigenvalue weighted by Crippen LogP contribution is -2.27. The van der Waals surface area contributed by atoms with Gasteiger partial charge < -0.3 is 79.4 Å². The largest absolute Gasteiger partial charge is 0.508 e. The van der Waals surface area contributed by atoms with Crippen LogP contribution in [0.25, 0.3) is 0 Å². The Kier molecular flexibility index (Phi) is 31.1. The lowest BCUT2D eigenvalue weighted by molar-refractivity contribution is -0.384. The summed E-state index contributed by atoms with van der Waals surface area (Å²) in [5.41, 5.74) is 29.5. The number of rotatable bonds is 15. The van der Waals surface area contributed by atoms with Crippen molar-refractivity contribution in [1.82, 2.24) is 4.58 Å². The predicted molar refractivity (Wildman–Crippen MR) is 577 cm³/mol.